The van der Waals surface area contributed by atoms with E-state index >= 15 is 0 Å². The highest BCUT2D eigenvalue weighted by Crippen LogP contribution is 2.28. The summed E-state index contributed by atoms with van der Waals surface area (Å²) >= 11 is 0. The fourth-order valence-electron chi connectivity index (χ4n) is 3.56. The molecule has 0 N–H and O–H groups in total. The van der Waals surface area contributed by atoms with Crippen molar-refractivity contribution in [2.75, 3.05) is 13.1 Å². The van der Waals surface area contributed by atoms with Gasteiger partial charge in [0, 0.05) is 50.7 Å². The number of hydrogen-bond acceptors (Lipinski definition) is 4. The standard InChI is InChI=1S/C20H24N4O/c1-15-12-21-13-16(22-15)14-24-10-6-17(7-11-24)25-20-5-3-4-19-18(20)8-9-23(19)2/h3-5,8-9,12-13,17H,6-7,10-11,14H2,1-2H3. The number of aromatic nitrogens is 3. The molecule has 0 unspecified atom stereocenters. The highest BCUT2D eigenvalue weighted by Gasteiger charge is 2.21. The first kappa shape index (κ1) is 16.1. The highest BCUT2D eigenvalue weighted by molar-refractivity contribution is 5.86. The third-order valence-electron chi connectivity index (χ3n) is 4.91. The lowest BCUT2D eigenvalue weighted by atomic mass is 10.1. The van der Waals surface area contributed by atoms with Gasteiger partial charge in [-0.3, -0.25) is 14.9 Å². The van der Waals surface area contributed by atoms with Crippen molar-refractivity contribution in [1.82, 2.24) is 19.4 Å². The van der Waals surface area contributed by atoms with Crippen molar-refractivity contribution in [2.45, 2.75) is 32.4 Å². The first-order valence-corrected chi connectivity index (χ1v) is 8.89. The second kappa shape index (κ2) is 6.84. The van der Waals surface area contributed by atoms with Crippen LogP contribution >= 0.6 is 0 Å². The number of hydrogen-bond donors (Lipinski definition) is 0. The fraction of sp³-hybridized carbons (Fsp3) is 0.400. The van der Waals surface area contributed by atoms with E-state index in [9.17, 15) is 0 Å². The van der Waals surface area contributed by atoms with E-state index in [1.165, 1.54) is 10.9 Å². The summed E-state index contributed by atoms with van der Waals surface area (Å²) in [5.74, 6) is 1.00. The van der Waals surface area contributed by atoms with Gasteiger partial charge in [-0.2, -0.15) is 0 Å². The maximum atomic E-state index is 6.33. The van der Waals surface area contributed by atoms with Gasteiger partial charge in [0.05, 0.1) is 16.9 Å². The van der Waals surface area contributed by atoms with E-state index in [1.807, 2.05) is 13.1 Å². The highest BCUT2D eigenvalue weighted by atomic mass is 16.5. The lowest BCUT2D eigenvalue weighted by Gasteiger charge is -2.32. The van der Waals surface area contributed by atoms with Gasteiger partial charge in [-0.05, 0) is 38.0 Å². The van der Waals surface area contributed by atoms with Crippen LogP contribution in [0.25, 0.3) is 10.9 Å². The van der Waals surface area contributed by atoms with E-state index in [4.69, 9.17) is 4.74 Å². The van der Waals surface area contributed by atoms with Crippen LogP contribution in [-0.4, -0.2) is 38.6 Å². The molecule has 1 aliphatic heterocycles. The van der Waals surface area contributed by atoms with E-state index in [0.717, 1.165) is 49.6 Å². The van der Waals surface area contributed by atoms with Crippen LogP contribution < -0.4 is 4.74 Å². The van der Waals surface area contributed by atoms with Gasteiger partial charge in [0.25, 0.3) is 0 Å². The summed E-state index contributed by atoms with van der Waals surface area (Å²) in [6, 6.07) is 8.42. The van der Waals surface area contributed by atoms with Crippen LogP contribution in [0.15, 0.2) is 42.9 Å². The average Bonchev–Trinajstić information content (AvgIpc) is 2.99. The molecule has 0 radical (unpaired) electrons. The average molecular weight is 336 g/mol. The molecule has 5 nitrogen and oxygen atoms in total. The summed E-state index contributed by atoms with van der Waals surface area (Å²) in [5.41, 5.74) is 3.24. The zero-order chi connectivity index (χ0) is 17.2. The zero-order valence-corrected chi connectivity index (χ0v) is 14.9. The summed E-state index contributed by atoms with van der Waals surface area (Å²) in [6.07, 6.45) is 8.12. The van der Waals surface area contributed by atoms with Crippen LogP contribution in [0.5, 0.6) is 5.75 Å². The molecule has 0 atom stereocenters. The van der Waals surface area contributed by atoms with Crippen LogP contribution in [0.1, 0.15) is 24.2 Å². The van der Waals surface area contributed by atoms with Gasteiger partial charge < -0.3 is 9.30 Å². The molecule has 0 aliphatic carbocycles. The molecule has 1 saturated heterocycles. The summed E-state index contributed by atoms with van der Waals surface area (Å²) < 4.78 is 8.46. The Hall–Kier alpha value is -2.40. The zero-order valence-electron chi connectivity index (χ0n) is 14.9. The van der Waals surface area contributed by atoms with Gasteiger partial charge in [0.1, 0.15) is 11.9 Å². The second-order valence-electron chi connectivity index (χ2n) is 6.86. The number of nitrogens with zero attached hydrogens (tertiary/aromatic N) is 4. The number of ether oxygens (including phenoxy) is 1. The van der Waals surface area contributed by atoms with Crippen LogP contribution in [0.2, 0.25) is 0 Å². The van der Waals surface area contributed by atoms with Crippen molar-refractivity contribution in [2.24, 2.45) is 7.05 Å². The predicted octanol–water partition coefficient (Wildman–Crippen LogP) is 3.32. The monoisotopic (exact) mass is 336 g/mol. The van der Waals surface area contributed by atoms with Crippen molar-refractivity contribution in [3.05, 3.63) is 54.2 Å². The van der Waals surface area contributed by atoms with Gasteiger partial charge in [0.2, 0.25) is 0 Å². The van der Waals surface area contributed by atoms with Crippen molar-refractivity contribution < 1.29 is 4.74 Å². The Morgan fingerprint density at radius 2 is 2.00 bits per heavy atom. The molecular formula is C20H24N4O. The maximum absolute atomic E-state index is 6.33. The van der Waals surface area contributed by atoms with Crippen LogP contribution in [0.4, 0.5) is 0 Å². The van der Waals surface area contributed by atoms with Crippen LogP contribution in [-0.2, 0) is 13.6 Å². The van der Waals surface area contributed by atoms with Crippen LogP contribution in [0.3, 0.4) is 0 Å². The van der Waals surface area contributed by atoms with Crippen LogP contribution in [0, 0.1) is 6.92 Å². The first-order valence-electron chi connectivity index (χ1n) is 8.89. The van der Waals surface area contributed by atoms with E-state index in [-0.39, 0.29) is 6.10 Å². The second-order valence-corrected chi connectivity index (χ2v) is 6.86. The number of aryl methyl sites for hydroxylation is 2. The molecule has 3 aromatic rings. The fourth-order valence-corrected chi connectivity index (χ4v) is 3.56. The van der Waals surface area contributed by atoms with Gasteiger partial charge in [-0.25, -0.2) is 0 Å². The van der Waals surface area contributed by atoms with Crippen molar-refractivity contribution in [3.8, 4) is 5.75 Å². The summed E-state index contributed by atoms with van der Waals surface area (Å²) in [4.78, 5) is 11.2. The molecule has 3 heterocycles. The SMILES string of the molecule is Cc1cncc(CN2CCC(Oc3cccc4c3ccn4C)CC2)n1. The summed E-state index contributed by atoms with van der Waals surface area (Å²) in [7, 11) is 2.07. The quantitative estimate of drug-likeness (QED) is 0.733. The minimum Gasteiger partial charge on any atom is -0.490 e. The lowest BCUT2D eigenvalue weighted by molar-refractivity contribution is 0.0972. The van der Waals surface area contributed by atoms with Crippen molar-refractivity contribution in [3.63, 3.8) is 0 Å². The first-order chi connectivity index (χ1) is 12.2. The number of piperidine rings is 1. The van der Waals surface area contributed by atoms with E-state index in [1.54, 1.807) is 6.20 Å². The maximum Gasteiger partial charge on any atom is 0.129 e. The minimum atomic E-state index is 0.283. The Labute approximate surface area is 148 Å². The molecule has 0 amide bonds. The molecule has 5 heteroatoms. The number of rotatable bonds is 4. The summed E-state index contributed by atoms with van der Waals surface area (Å²) in [5, 5.41) is 1.20. The third kappa shape index (κ3) is 3.51. The van der Waals surface area contributed by atoms with E-state index in [0.29, 0.717) is 0 Å². The van der Waals surface area contributed by atoms with Gasteiger partial charge in [-0.15, -0.1) is 0 Å². The molecule has 4 rings (SSSR count). The molecule has 0 spiro atoms. The molecule has 130 valence electrons. The lowest BCUT2D eigenvalue weighted by Crippen LogP contribution is -2.38. The minimum absolute atomic E-state index is 0.283. The molecule has 1 aromatic carbocycles. The molecule has 0 bridgehead atoms. The molecule has 1 fully saturated rings. The Balaban J connectivity index is 1.37. The van der Waals surface area contributed by atoms with Gasteiger partial charge >= 0.3 is 0 Å². The van der Waals surface area contributed by atoms with Crippen molar-refractivity contribution in [1.29, 1.82) is 0 Å². The third-order valence-corrected chi connectivity index (χ3v) is 4.91. The summed E-state index contributed by atoms with van der Waals surface area (Å²) in [6.45, 7) is 4.92. The molecule has 1 aliphatic rings. The Morgan fingerprint density at radius 1 is 1.16 bits per heavy atom. The molecule has 2 aromatic heterocycles. The van der Waals surface area contributed by atoms with E-state index < -0.39 is 0 Å². The van der Waals surface area contributed by atoms with Crippen molar-refractivity contribution >= 4 is 10.9 Å². The topological polar surface area (TPSA) is 43.2 Å². The van der Waals surface area contributed by atoms with Gasteiger partial charge in [-0.1, -0.05) is 6.07 Å². The predicted molar refractivity (Wildman–Crippen MR) is 98.6 cm³/mol. The number of benzene rings is 1. The largest absolute Gasteiger partial charge is 0.490 e. The van der Waals surface area contributed by atoms with E-state index in [2.05, 4.69) is 56.9 Å². The van der Waals surface area contributed by atoms with Gasteiger partial charge in [0.15, 0.2) is 0 Å². The molecular weight excluding hydrogens is 312 g/mol. The number of fused-ring (bicyclic) bond motifs is 1. The molecule has 25 heavy (non-hydrogen) atoms. The Kier molecular flexibility index (Phi) is 4.40. The normalized spacial score (nSPS) is 16.4. The Bertz CT molecular complexity index is 865. The molecule has 0 saturated carbocycles. The smallest absolute Gasteiger partial charge is 0.129 e. The Morgan fingerprint density at radius 3 is 2.80 bits per heavy atom. The number of likely N-dealkylation sites (tertiary alicyclic amines) is 1.